The van der Waals surface area contributed by atoms with E-state index in [2.05, 4.69) is 0 Å². The van der Waals surface area contributed by atoms with Gasteiger partial charge in [0.1, 0.15) is 5.82 Å². The molecule has 0 radical (unpaired) electrons. The summed E-state index contributed by atoms with van der Waals surface area (Å²) >= 11 is 0. The number of hydrogen-bond acceptors (Lipinski definition) is 2. The van der Waals surface area contributed by atoms with E-state index in [9.17, 15) is 9.18 Å². The van der Waals surface area contributed by atoms with Gasteiger partial charge in [-0.2, -0.15) is 0 Å². The zero-order valence-corrected chi connectivity index (χ0v) is 12.0. The summed E-state index contributed by atoms with van der Waals surface area (Å²) < 4.78 is 13.4. The van der Waals surface area contributed by atoms with E-state index in [1.807, 2.05) is 43.0 Å². The molecule has 0 N–H and O–H groups in total. The molecule has 2 aromatic carbocycles. The van der Waals surface area contributed by atoms with Gasteiger partial charge in [-0.25, -0.2) is 4.39 Å². The van der Waals surface area contributed by atoms with Gasteiger partial charge in [-0.1, -0.05) is 18.2 Å². The molecule has 2 aromatic rings. The topological polar surface area (TPSA) is 20.3 Å². The number of aryl methyl sites for hydroxylation is 1. The van der Waals surface area contributed by atoms with Gasteiger partial charge < -0.3 is 4.90 Å². The third-order valence-corrected chi connectivity index (χ3v) is 3.35. The molecule has 0 atom stereocenters. The van der Waals surface area contributed by atoms with Crippen molar-refractivity contribution in [2.24, 2.45) is 0 Å². The van der Waals surface area contributed by atoms with E-state index >= 15 is 0 Å². The molecule has 0 fully saturated rings. The Morgan fingerprint density at radius 3 is 2.45 bits per heavy atom. The van der Waals surface area contributed by atoms with Crippen molar-refractivity contribution in [1.82, 2.24) is 0 Å². The Hall–Kier alpha value is -2.16. The second-order valence-electron chi connectivity index (χ2n) is 4.75. The highest BCUT2D eigenvalue weighted by Crippen LogP contribution is 2.31. The molecule has 0 aromatic heterocycles. The van der Waals surface area contributed by atoms with E-state index in [4.69, 9.17) is 0 Å². The van der Waals surface area contributed by atoms with Crippen molar-refractivity contribution in [3.63, 3.8) is 0 Å². The number of carbonyl (C=O) groups excluding carboxylic acids is 1. The van der Waals surface area contributed by atoms with Gasteiger partial charge >= 0.3 is 0 Å². The molecule has 0 saturated heterocycles. The minimum absolute atomic E-state index is 0.133. The fourth-order valence-electron chi connectivity index (χ4n) is 2.36. The lowest BCUT2D eigenvalue weighted by Crippen LogP contribution is -2.19. The van der Waals surface area contributed by atoms with E-state index < -0.39 is 0 Å². The van der Waals surface area contributed by atoms with Crippen LogP contribution in [0.1, 0.15) is 29.8 Å². The van der Waals surface area contributed by atoms with Crippen LogP contribution in [0.15, 0.2) is 42.5 Å². The van der Waals surface area contributed by atoms with Gasteiger partial charge in [0.05, 0.1) is 5.69 Å². The Bertz CT molecular complexity index is 637. The minimum Gasteiger partial charge on any atom is -0.341 e. The van der Waals surface area contributed by atoms with Crippen LogP contribution in [0.25, 0.3) is 0 Å². The third-order valence-electron chi connectivity index (χ3n) is 3.35. The van der Waals surface area contributed by atoms with Crippen molar-refractivity contribution >= 4 is 17.2 Å². The first-order chi connectivity index (χ1) is 9.54. The Balaban J connectivity index is 2.58. The predicted molar refractivity (Wildman–Crippen MR) is 80.3 cm³/mol. The Morgan fingerprint density at radius 2 is 1.85 bits per heavy atom. The summed E-state index contributed by atoms with van der Waals surface area (Å²) in [5.41, 5.74) is 3.31. The number of rotatable bonds is 4. The quantitative estimate of drug-likeness (QED) is 0.763. The molecule has 20 heavy (non-hydrogen) atoms. The summed E-state index contributed by atoms with van der Waals surface area (Å²) in [7, 11) is 0. The maximum absolute atomic E-state index is 13.4. The van der Waals surface area contributed by atoms with Crippen LogP contribution in [0, 0.1) is 12.7 Å². The van der Waals surface area contributed by atoms with Gasteiger partial charge in [0.25, 0.3) is 0 Å². The van der Waals surface area contributed by atoms with Crippen LogP contribution in [0.3, 0.4) is 0 Å². The first kappa shape index (κ1) is 14.3. The van der Waals surface area contributed by atoms with Gasteiger partial charge in [0.2, 0.25) is 0 Å². The molecule has 0 aliphatic carbocycles. The summed E-state index contributed by atoms with van der Waals surface area (Å²) in [5.74, 6) is -0.522. The molecule has 0 amide bonds. The average molecular weight is 271 g/mol. The van der Waals surface area contributed by atoms with Gasteiger partial charge in [-0.15, -0.1) is 0 Å². The maximum Gasteiger partial charge on any atom is 0.162 e. The SMILES string of the molecule is CCN(c1ccccc1C)c1ccc(F)cc1C(C)=O. The molecule has 0 aliphatic rings. The Labute approximate surface area is 118 Å². The molecule has 104 valence electrons. The Morgan fingerprint density at radius 1 is 1.15 bits per heavy atom. The van der Waals surface area contributed by atoms with E-state index in [1.54, 1.807) is 6.07 Å². The average Bonchev–Trinajstić information content (AvgIpc) is 2.42. The van der Waals surface area contributed by atoms with Gasteiger partial charge in [0, 0.05) is 17.8 Å². The smallest absolute Gasteiger partial charge is 0.162 e. The molecule has 0 saturated carbocycles. The lowest BCUT2D eigenvalue weighted by Gasteiger charge is -2.27. The van der Waals surface area contributed by atoms with Crippen molar-refractivity contribution in [1.29, 1.82) is 0 Å². The first-order valence-electron chi connectivity index (χ1n) is 6.68. The van der Waals surface area contributed by atoms with Crippen LogP contribution >= 0.6 is 0 Å². The first-order valence-corrected chi connectivity index (χ1v) is 6.68. The number of ketones is 1. The van der Waals surface area contributed by atoms with E-state index in [0.29, 0.717) is 12.1 Å². The van der Waals surface area contributed by atoms with Crippen molar-refractivity contribution in [2.45, 2.75) is 20.8 Å². The van der Waals surface area contributed by atoms with Gasteiger partial charge in [-0.3, -0.25) is 4.79 Å². The lowest BCUT2D eigenvalue weighted by molar-refractivity contribution is 0.101. The van der Waals surface area contributed by atoms with Crippen LogP contribution in [0.5, 0.6) is 0 Å². The summed E-state index contributed by atoms with van der Waals surface area (Å²) in [4.78, 5) is 13.8. The van der Waals surface area contributed by atoms with Crippen LogP contribution in [0.4, 0.5) is 15.8 Å². The van der Waals surface area contributed by atoms with Crippen LogP contribution < -0.4 is 4.90 Å². The number of halogens is 1. The summed E-state index contributed by atoms with van der Waals surface area (Å²) in [6, 6.07) is 12.3. The summed E-state index contributed by atoms with van der Waals surface area (Å²) in [6.07, 6.45) is 0. The molecular weight excluding hydrogens is 253 g/mol. The van der Waals surface area contributed by atoms with E-state index in [0.717, 1.165) is 16.9 Å². The zero-order chi connectivity index (χ0) is 14.7. The number of nitrogens with zero attached hydrogens (tertiary/aromatic N) is 1. The van der Waals surface area contributed by atoms with Crippen molar-refractivity contribution in [3.05, 3.63) is 59.4 Å². The number of benzene rings is 2. The highest BCUT2D eigenvalue weighted by Gasteiger charge is 2.16. The fraction of sp³-hybridized carbons (Fsp3) is 0.235. The summed E-state index contributed by atoms with van der Waals surface area (Å²) in [5, 5.41) is 0. The second-order valence-corrected chi connectivity index (χ2v) is 4.75. The van der Waals surface area contributed by atoms with Crippen LogP contribution in [-0.2, 0) is 0 Å². The third kappa shape index (κ3) is 2.72. The van der Waals surface area contributed by atoms with Crippen molar-refractivity contribution < 1.29 is 9.18 Å². The highest BCUT2D eigenvalue weighted by molar-refractivity contribution is 6.00. The van der Waals surface area contributed by atoms with Crippen LogP contribution in [-0.4, -0.2) is 12.3 Å². The predicted octanol–water partition coefficient (Wildman–Crippen LogP) is 4.49. The highest BCUT2D eigenvalue weighted by atomic mass is 19.1. The number of carbonyl (C=O) groups is 1. The molecule has 0 heterocycles. The number of hydrogen-bond donors (Lipinski definition) is 0. The molecule has 0 bridgehead atoms. The monoisotopic (exact) mass is 271 g/mol. The molecular formula is C17H18FNO. The largest absolute Gasteiger partial charge is 0.341 e. The number of anilines is 2. The fourth-order valence-corrected chi connectivity index (χ4v) is 2.36. The number of para-hydroxylation sites is 1. The zero-order valence-electron chi connectivity index (χ0n) is 12.0. The van der Waals surface area contributed by atoms with Crippen LogP contribution in [0.2, 0.25) is 0 Å². The second kappa shape index (κ2) is 5.87. The molecule has 3 heteroatoms. The Kier molecular flexibility index (Phi) is 4.18. The summed E-state index contributed by atoms with van der Waals surface area (Å²) in [6.45, 7) is 6.20. The molecule has 0 aliphatic heterocycles. The van der Waals surface area contributed by atoms with E-state index in [-0.39, 0.29) is 11.6 Å². The molecule has 0 spiro atoms. The molecule has 0 unspecified atom stereocenters. The minimum atomic E-state index is -0.389. The van der Waals surface area contributed by atoms with Crippen molar-refractivity contribution in [3.8, 4) is 0 Å². The van der Waals surface area contributed by atoms with Crippen molar-refractivity contribution in [2.75, 3.05) is 11.4 Å². The van der Waals surface area contributed by atoms with Gasteiger partial charge in [-0.05, 0) is 50.6 Å². The maximum atomic E-state index is 13.4. The van der Waals surface area contributed by atoms with E-state index in [1.165, 1.54) is 19.1 Å². The standard InChI is InChI=1S/C17H18FNO/c1-4-19(16-8-6-5-7-12(16)2)17-10-9-14(18)11-15(17)13(3)20/h5-11H,4H2,1-3H3. The molecule has 2 nitrogen and oxygen atoms in total. The lowest BCUT2D eigenvalue weighted by atomic mass is 10.1. The van der Waals surface area contributed by atoms with Gasteiger partial charge in [0.15, 0.2) is 5.78 Å². The molecule has 2 rings (SSSR count). The number of Topliss-reactive ketones (excluding diaryl/α,β-unsaturated/α-hetero) is 1. The normalized spacial score (nSPS) is 10.4.